The highest BCUT2D eigenvalue weighted by Crippen LogP contribution is 2.32. The number of phenols is 1. The molecule has 0 spiro atoms. The lowest BCUT2D eigenvalue weighted by Gasteiger charge is -2.34. The summed E-state index contributed by atoms with van der Waals surface area (Å²) in [4.78, 5) is 12.6. The minimum atomic E-state index is -3.88. The smallest absolute Gasteiger partial charge is 0.312 e. The predicted molar refractivity (Wildman–Crippen MR) is 119 cm³/mol. The quantitative estimate of drug-likeness (QED) is 0.447. The van der Waals surface area contributed by atoms with Crippen molar-refractivity contribution >= 4 is 26.5 Å². The van der Waals surface area contributed by atoms with Crippen LogP contribution in [0.1, 0.15) is 5.56 Å². The molecular weight excluding hydrogens is 434 g/mol. The van der Waals surface area contributed by atoms with Gasteiger partial charge in [-0.2, -0.15) is 4.31 Å². The van der Waals surface area contributed by atoms with Crippen LogP contribution in [0.4, 0.5) is 5.69 Å². The summed E-state index contributed by atoms with van der Waals surface area (Å²) in [7, 11) is -2.59. The largest absolute Gasteiger partial charge is 0.508 e. The van der Waals surface area contributed by atoms with Gasteiger partial charge in [-0.3, -0.25) is 15.0 Å². The normalized spacial score (nSPS) is 15.7. The third-order valence-electron chi connectivity index (χ3n) is 5.71. The first-order valence-corrected chi connectivity index (χ1v) is 11.5. The number of hydrogen-bond donors (Lipinski definition) is 1. The molecule has 0 bridgehead atoms. The number of phenolic OH excluding ortho intramolecular Hbond substituents is 1. The van der Waals surface area contributed by atoms with Crippen LogP contribution in [0.5, 0.6) is 11.5 Å². The van der Waals surface area contributed by atoms with Gasteiger partial charge in [0.05, 0.1) is 16.9 Å². The van der Waals surface area contributed by atoms with Gasteiger partial charge in [0.2, 0.25) is 10.0 Å². The highest BCUT2D eigenvalue weighted by molar-refractivity contribution is 7.89. The second kappa shape index (κ2) is 8.73. The average Bonchev–Trinajstić information content (AvgIpc) is 2.80. The molecule has 3 aromatic carbocycles. The van der Waals surface area contributed by atoms with E-state index in [4.69, 9.17) is 4.74 Å². The third-order valence-corrected chi connectivity index (χ3v) is 7.61. The van der Waals surface area contributed by atoms with Crippen LogP contribution in [-0.2, 0) is 16.6 Å². The molecule has 1 aliphatic heterocycles. The zero-order valence-electron chi connectivity index (χ0n) is 17.5. The minimum absolute atomic E-state index is 0.00802. The molecule has 1 N–H and O–H groups in total. The van der Waals surface area contributed by atoms with E-state index in [1.165, 1.54) is 23.5 Å². The molecule has 3 aromatic rings. The van der Waals surface area contributed by atoms with Gasteiger partial charge in [0.15, 0.2) is 5.75 Å². The third kappa shape index (κ3) is 4.12. The van der Waals surface area contributed by atoms with Crippen LogP contribution >= 0.6 is 0 Å². The van der Waals surface area contributed by atoms with Gasteiger partial charge in [-0.25, -0.2) is 8.42 Å². The molecule has 0 saturated carbocycles. The van der Waals surface area contributed by atoms with Gasteiger partial charge in [0, 0.05) is 44.4 Å². The van der Waals surface area contributed by atoms with E-state index >= 15 is 0 Å². The monoisotopic (exact) mass is 457 g/mol. The Morgan fingerprint density at radius 1 is 1.06 bits per heavy atom. The number of ether oxygens (including phenoxy) is 1. The fourth-order valence-corrected chi connectivity index (χ4v) is 5.41. The molecule has 1 fully saturated rings. The van der Waals surface area contributed by atoms with Crippen LogP contribution in [0.25, 0.3) is 10.8 Å². The van der Waals surface area contributed by atoms with Gasteiger partial charge < -0.3 is 9.84 Å². The first-order valence-electron chi connectivity index (χ1n) is 10.1. The van der Waals surface area contributed by atoms with Crippen LogP contribution in [0.2, 0.25) is 0 Å². The van der Waals surface area contributed by atoms with Crippen molar-refractivity contribution in [3.63, 3.8) is 0 Å². The summed E-state index contributed by atoms with van der Waals surface area (Å²) >= 11 is 0. The minimum Gasteiger partial charge on any atom is -0.508 e. The van der Waals surface area contributed by atoms with Crippen LogP contribution in [0.15, 0.2) is 59.5 Å². The molecule has 32 heavy (non-hydrogen) atoms. The van der Waals surface area contributed by atoms with E-state index in [1.54, 1.807) is 6.07 Å². The summed E-state index contributed by atoms with van der Waals surface area (Å²) < 4.78 is 32.4. The van der Waals surface area contributed by atoms with E-state index in [0.29, 0.717) is 19.6 Å². The first kappa shape index (κ1) is 22.0. The number of fused-ring (bicyclic) bond motifs is 1. The number of nitrogens with zero attached hydrogens (tertiary/aromatic N) is 3. The van der Waals surface area contributed by atoms with Crippen molar-refractivity contribution in [3.05, 3.63) is 70.3 Å². The molecular formula is C22H23N3O6S. The van der Waals surface area contributed by atoms with Gasteiger partial charge in [-0.1, -0.05) is 30.3 Å². The van der Waals surface area contributed by atoms with Crippen molar-refractivity contribution < 1.29 is 23.2 Å². The fraction of sp³-hybridized carbons (Fsp3) is 0.273. The van der Waals surface area contributed by atoms with Gasteiger partial charge in [-0.15, -0.1) is 0 Å². The number of sulfonamides is 1. The fourth-order valence-electron chi connectivity index (χ4n) is 3.96. The Hall–Kier alpha value is -3.21. The van der Waals surface area contributed by atoms with E-state index in [9.17, 15) is 23.6 Å². The molecule has 10 heteroatoms. The Labute approximate surface area is 185 Å². The number of nitro benzene ring substituents is 1. The van der Waals surface area contributed by atoms with Crippen molar-refractivity contribution in [1.82, 2.24) is 9.21 Å². The molecule has 1 heterocycles. The van der Waals surface area contributed by atoms with Crippen LogP contribution in [-0.4, -0.2) is 60.9 Å². The summed E-state index contributed by atoms with van der Waals surface area (Å²) in [5.74, 6) is 0.220. The topological polar surface area (TPSA) is 113 Å². The Morgan fingerprint density at radius 3 is 2.47 bits per heavy atom. The number of aromatic hydroxyl groups is 1. The zero-order chi connectivity index (χ0) is 22.9. The maximum atomic E-state index is 13.1. The molecule has 168 valence electrons. The number of rotatable bonds is 6. The van der Waals surface area contributed by atoms with Gasteiger partial charge in [-0.05, 0) is 29.0 Å². The molecule has 0 amide bonds. The highest BCUT2D eigenvalue weighted by Gasteiger charge is 2.31. The summed E-state index contributed by atoms with van der Waals surface area (Å²) in [5, 5.41) is 23.6. The lowest BCUT2D eigenvalue weighted by Crippen LogP contribution is -2.48. The van der Waals surface area contributed by atoms with Crippen molar-refractivity contribution in [2.24, 2.45) is 0 Å². The number of benzene rings is 3. The molecule has 0 radical (unpaired) electrons. The number of methoxy groups -OCH3 is 1. The van der Waals surface area contributed by atoms with Crippen molar-refractivity contribution in [3.8, 4) is 11.5 Å². The number of piperazine rings is 1. The second-order valence-electron chi connectivity index (χ2n) is 7.56. The summed E-state index contributed by atoms with van der Waals surface area (Å²) in [6.07, 6.45) is 0. The number of nitro groups is 1. The Bertz CT molecular complexity index is 1270. The SMILES string of the molecule is COc1ccc(S(=O)(=O)N2CCN(Cc3c(O)ccc4ccccc34)CC2)cc1[N+](=O)[O-]. The first-order chi connectivity index (χ1) is 15.3. The lowest BCUT2D eigenvalue weighted by atomic mass is 10.0. The van der Waals surface area contributed by atoms with Crippen molar-refractivity contribution in [1.29, 1.82) is 0 Å². The highest BCUT2D eigenvalue weighted by atomic mass is 32.2. The second-order valence-corrected chi connectivity index (χ2v) is 9.49. The molecule has 0 aromatic heterocycles. The van der Waals surface area contributed by atoms with Gasteiger partial charge in [0.25, 0.3) is 0 Å². The van der Waals surface area contributed by atoms with E-state index < -0.39 is 20.6 Å². The Morgan fingerprint density at radius 2 is 1.78 bits per heavy atom. The van der Waals surface area contributed by atoms with Crippen molar-refractivity contribution in [2.45, 2.75) is 11.4 Å². The summed E-state index contributed by atoms with van der Waals surface area (Å²) in [6, 6.07) is 15.0. The molecule has 1 saturated heterocycles. The Balaban J connectivity index is 1.50. The molecule has 0 aliphatic carbocycles. The van der Waals surface area contributed by atoms with Gasteiger partial charge in [0.1, 0.15) is 5.75 Å². The van der Waals surface area contributed by atoms with Crippen LogP contribution in [0, 0.1) is 10.1 Å². The van der Waals surface area contributed by atoms with Crippen LogP contribution in [0.3, 0.4) is 0 Å². The molecule has 1 aliphatic rings. The maximum absolute atomic E-state index is 13.1. The summed E-state index contributed by atoms with van der Waals surface area (Å²) in [6.45, 7) is 1.93. The number of hydrogen-bond acceptors (Lipinski definition) is 7. The van der Waals surface area contributed by atoms with E-state index in [1.807, 2.05) is 30.3 Å². The Kier molecular flexibility index (Phi) is 6.00. The molecule has 0 atom stereocenters. The van der Waals surface area contributed by atoms with E-state index in [2.05, 4.69) is 4.90 Å². The predicted octanol–water partition coefficient (Wildman–Crippen LogP) is 2.97. The summed E-state index contributed by atoms with van der Waals surface area (Å²) in [5.41, 5.74) is 0.420. The van der Waals surface area contributed by atoms with Crippen LogP contribution < -0.4 is 4.74 Å². The average molecular weight is 458 g/mol. The molecule has 9 nitrogen and oxygen atoms in total. The van der Waals surface area contributed by atoms with Crippen molar-refractivity contribution in [2.75, 3.05) is 33.3 Å². The van der Waals surface area contributed by atoms with E-state index in [-0.39, 0.29) is 29.5 Å². The standard InChI is InChI=1S/C22H23N3O6S/c1-31-22-9-7-17(14-20(22)25(27)28)32(29,30)24-12-10-23(11-13-24)15-19-18-5-3-2-4-16(18)6-8-21(19)26/h2-9,14,26H,10-13,15H2,1H3. The van der Waals surface area contributed by atoms with E-state index in [0.717, 1.165) is 22.4 Å². The zero-order valence-corrected chi connectivity index (χ0v) is 18.3. The molecule has 4 rings (SSSR count). The molecule has 0 unspecified atom stereocenters. The maximum Gasteiger partial charge on any atom is 0.312 e. The van der Waals surface area contributed by atoms with Gasteiger partial charge >= 0.3 is 5.69 Å². The lowest BCUT2D eigenvalue weighted by molar-refractivity contribution is -0.386.